The summed E-state index contributed by atoms with van der Waals surface area (Å²) in [6.07, 6.45) is 2.45. The second-order valence-electron chi connectivity index (χ2n) is 4.74. The summed E-state index contributed by atoms with van der Waals surface area (Å²) in [6, 6.07) is 9.14. The van der Waals surface area contributed by atoms with E-state index in [0.29, 0.717) is 5.56 Å². The Bertz CT molecular complexity index is 527. The van der Waals surface area contributed by atoms with E-state index in [9.17, 15) is 4.39 Å². The highest BCUT2D eigenvalue weighted by Gasteiger charge is 2.14. The van der Waals surface area contributed by atoms with E-state index < -0.39 is 0 Å². The highest BCUT2D eigenvalue weighted by Crippen LogP contribution is 2.21. The molecule has 2 unspecified atom stereocenters. The number of rotatable bonds is 5. The van der Waals surface area contributed by atoms with Crippen molar-refractivity contribution in [3.05, 3.63) is 58.2 Å². The third kappa shape index (κ3) is 3.91. The predicted molar refractivity (Wildman–Crippen MR) is 77.5 cm³/mol. The first-order valence-electron chi connectivity index (χ1n) is 6.29. The van der Waals surface area contributed by atoms with Crippen molar-refractivity contribution in [2.24, 2.45) is 0 Å². The lowest BCUT2D eigenvalue weighted by Gasteiger charge is -2.20. The fourth-order valence-electron chi connectivity index (χ4n) is 2.16. The number of benzene rings is 1. The minimum atomic E-state index is -0.195. The molecule has 0 saturated heterocycles. The molecule has 0 saturated carbocycles. The summed E-state index contributed by atoms with van der Waals surface area (Å²) in [6.45, 7) is 4.03. The minimum Gasteiger partial charge on any atom is -0.469 e. The quantitative estimate of drug-likeness (QED) is 0.877. The number of hydrogen-bond acceptors (Lipinski definition) is 2. The molecule has 0 amide bonds. The van der Waals surface area contributed by atoms with Gasteiger partial charge < -0.3 is 9.73 Å². The molecule has 0 aliphatic rings. The third-order valence-corrected chi connectivity index (χ3v) is 3.54. The van der Waals surface area contributed by atoms with Crippen LogP contribution in [-0.4, -0.2) is 6.04 Å². The molecule has 0 fully saturated rings. The molecule has 1 aromatic carbocycles. The number of hydrogen-bond donors (Lipinski definition) is 1. The second-order valence-corrected chi connectivity index (χ2v) is 5.65. The Morgan fingerprint density at radius 2 is 2.11 bits per heavy atom. The Labute approximate surface area is 121 Å². The Balaban J connectivity index is 1.98. The molecule has 1 heterocycles. The first kappa shape index (κ1) is 14.3. The molecule has 0 radical (unpaired) electrons. The summed E-state index contributed by atoms with van der Waals surface area (Å²) in [5.41, 5.74) is 0.675. The fourth-order valence-corrected chi connectivity index (χ4v) is 2.49. The van der Waals surface area contributed by atoms with Crippen molar-refractivity contribution < 1.29 is 8.81 Å². The number of nitrogens with one attached hydrogen (secondary N) is 1. The average Bonchev–Trinajstić information content (AvgIpc) is 2.81. The van der Waals surface area contributed by atoms with Crippen molar-refractivity contribution in [2.75, 3.05) is 0 Å². The van der Waals surface area contributed by atoms with E-state index >= 15 is 0 Å². The lowest BCUT2D eigenvalue weighted by molar-refractivity contribution is 0.422. The standard InChI is InChI=1S/C15H17BrFNO/c1-10(8-13-4-3-7-19-13)18-11(2)14-6-5-12(16)9-15(14)17/h3-7,9-11,18H,8H2,1-2H3. The van der Waals surface area contributed by atoms with Crippen molar-refractivity contribution >= 4 is 15.9 Å². The molecule has 1 aromatic heterocycles. The van der Waals surface area contributed by atoms with E-state index in [4.69, 9.17) is 4.42 Å². The summed E-state index contributed by atoms with van der Waals surface area (Å²) in [7, 11) is 0. The van der Waals surface area contributed by atoms with E-state index in [2.05, 4.69) is 28.2 Å². The summed E-state index contributed by atoms with van der Waals surface area (Å²) >= 11 is 3.26. The Kier molecular flexibility index (Phi) is 4.77. The van der Waals surface area contributed by atoms with Crippen LogP contribution in [0, 0.1) is 5.82 Å². The zero-order valence-electron chi connectivity index (χ0n) is 11.0. The van der Waals surface area contributed by atoms with E-state index in [1.807, 2.05) is 25.1 Å². The summed E-state index contributed by atoms with van der Waals surface area (Å²) < 4.78 is 19.9. The molecule has 102 valence electrons. The van der Waals surface area contributed by atoms with Gasteiger partial charge in [0.1, 0.15) is 11.6 Å². The average molecular weight is 326 g/mol. The van der Waals surface area contributed by atoms with Crippen molar-refractivity contribution in [1.82, 2.24) is 5.32 Å². The van der Waals surface area contributed by atoms with Gasteiger partial charge >= 0.3 is 0 Å². The van der Waals surface area contributed by atoms with E-state index in [1.54, 1.807) is 12.3 Å². The maximum atomic E-state index is 13.8. The van der Waals surface area contributed by atoms with Crippen LogP contribution in [0.3, 0.4) is 0 Å². The summed E-state index contributed by atoms with van der Waals surface area (Å²) in [5, 5.41) is 3.38. The van der Waals surface area contributed by atoms with Crippen LogP contribution in [0.2, 0.25) is 0 Å². The van der Waals surface area contributed by atoms with Crippen molar-refractivity contribution in [1.29, 1.82) is 0 Å². The van der Waals surface area contributed by atoms with Crippen LogP contribution in [-0.2, 0) is 6.42 Å². The Hall–Kier alpha value is -1.13. The highest BCUT2D eigenvalue weighted by molar-refractivity contribution is 9.10. The summed E-state index contributed by atoms with van der Waals surface area (Å²) in [5.74, 6) is 0.739. The van der Waals surface area contributed by atoms with Gasteiger partial charge in [0, 0.05) is 28.5 Å². The molecular weight excluding hydrogens is 309 g/mol. The van der Waals surface area contributed by atoms with Gasteiger partial charge in [0.2, 0.25) is 0 Å². The topological polar surface area (TPSA) is 25.2 Å². The largest absolute Gasteiger partial charge is 0.469 e. The first-order chi connectivity index (χ1) is 9.06. The molecule has 2 nitrogen and oxygen atoms in total. The lowest BCUT2D eigenvalue weighted by Crippen LogP contribution is -2.31. The van der Waals surface area contributed by atoms with Gasteiger partial charge in [-0.2, -0.15) is 0 Å². The van der Waals surface area contributed by atoms with Crippen LogP contribution in [0.25, 0.3) is 0 Å². The molecule has 2 atom stereocenters. The van der Waals surface area contributed by atoms with Gasteiger partial charge in [0.15, 0.2) is 0 Å². The Morgan fingerprint density at radius 3 is 2.74 bits per heavy atom. The Morgan fingerprint density at radius 1 is 1.32 bits per heavy atom. The van der Waals surface area contributed by atoms with Crippen LogP contribution in [0.1, 0.15) is 31.2 Å². The minimum absolute atomic E-state index is 0.0435. The van der Waals surface area contributed by atoms with Gasteiger partial charge in [-0.25, -0.2) is 4.39 Å². The van der Waals surface area contributed by atoms with Crippen LogP contribution < -0.4 is 5.32 Å². The number of furan rings is 1. The van der Waals surface area contributed by atoms with E-state index in [1.165, 1.54) is 6.07 Å². The normalized spacial score (nSPS) is 14.3. The summed E-state index contributed by atoms with van der Waals surface area (Å²) in [4.78, 5) is 0. The molecule has 0 aliphatic carbocycles. The smallest absolute Gasteiger partial charge is 0.129 e. The number of halogens is 2. The maximum Gasteiger partial charge on any atom is 0.129 e. The first-order valence-corrected chi connectivity index (χ1v) is 7.09. The van der Waals surface area contributed by atoms with Crippen LogP contribution in [0.4, 0.5) is 4.39 Å². The molecule has 1 N–H and O–H groups in total. The zero-order valence-corrected chi connectivity index (χ0v) is 12.6. The SMILES string of the molecule is CC(Cc1ccco1)NC(C)c1ccc(Br)cc1F. The van der Waals surface area contributed by atoms with Crippen molar-refractivity contribution in [3.8, 4) is 0 Å². The molecular formula is C15H17BrFNO. The van der Waals surface area contributed by atoms with Gasteiger partial charge in [0.05, 0.1) is 6.26 Å². The third-order valence-electron chi connectivity index (χ3n) is 3.05. The lowest BCUT2D eigenvalue weighted by atomic mass is 10.1. The van der Waals surface area contributed by atoms with Gasteiger partial charge in [0.25, 0.3) is 0 Å². The van der Waals surface area contributed by atoms with Crippen molar-refractivity contribution in [3.63, 3.8) is 0 Å². The highest BCUT2D eigenvalue weighted by atomic mass is 79.9. The maximum absolute atomic E-state index is 13.8. The van der Waals surface area contributed by atoms with E-state index in [0.717, 1.165) is 16.7 Å². The van der Waals surface area contributed by atoms with Crippen LogP contribution >= 0.6 is 15.9 Å². The van der Waals surface area contributed by atoms with Gasteiger partial charge in [-0.05, 0) is 38.1 Å². The molecule has 0 aliphatic heterocycles. The van der Waals surface area contributed by atoms with Crippen molar-refractivity contribution in [2.45, 2.75) is 32.4 Å². The molecule has 2 rings (SSSR count). The molecule has 2 aromatic rings. The van der Waals surface area contributed by atoms with Gasteiger partial charge in [-0.1, -0.05) is 22.0 Å². The molecule has 0 spiro atoms. The van der Waals surface area contributed by atoms with Gasteiger partial charge in [-0.3, -0.25) is 0 Å². The molecule has 4 heteroatoms. The van der Waals surface area contributed by atoms with E-state index in [-0.39, 0.29) is 17.9 Å². The van der Waals surface area contributed by atoms with Crippen LogP contribution in [0.5, 0.6) is 0 Å². The van der Waals surface area contributed by atoms with Crippen LogP contribution in [0.15, 0.2) is 45.5 Å². The zero-order chi connectivity index (χ0) is 13.8. The predicted octanol–water partition coefficient (Wildman–Crippen LogP) is 4.46. The van der Waals surface area contributed by atoms with Gasteiger partial charge in [-0.15, -0.1) is 0 Å². The fraction of sp³-hybridized carbons (Fsp3) is 0.333. The molecule has 0 bridgehead atoms. The monoisotopic (exact) mass is 325 g/mol. The molecule has 19 heavy (non-hydrogen) atoms. The second kappa shape index (κ2) is 6.35.